The van der Waals surface area contributed by atoms with E-state index < -0.39 is 33.8 Å². The maximum atomic E-state index is 12.0. The number of benzene rings is 1. The first-order valence-corrected chi connectivity index (χ1v) is 6.32. The van der Waals surface area contributed by atoms with Crippen LogP contribution in [-0.4, -0.2) is 25.2 Å². The summed E-state index contributed by atoms with van der Waals surface area (Å²) in [4.78, 5) is 35.1. The molecular weight excluding hydrogens is 348 g/mol. The Morgan fingerprint density at radius 3 is 2.33 bits per heavy atom. The predicted octanol–water partition coefficient (Wildman–Crippen LogP) is 2.34. The molecule has 0 amide bonds. The van der Waals surface area contributed by atoms with E-state index in [0.29, 0.717) is 5.56 Å². The molecule has 0 fully saturated rings. The molecule has 2 rings (SSSR count). The van der Waals surface area contributed by atoms with Gasteiger partial charge >= 0.3 is 11.6 Å². The second kappa shape index (κ2) is 5.79. The standard InChI is InChI=1S/C11H7BrN4O5/c12-8-3-1-7(2-4-8)9(17)5-14-6-13-10(15(18)19)11(14)16(20)21/h1-4,6H,5H2. The molecule has 0 unspecified atom stereocenters. The average molecular weight is 355 g/mol. The van der Waals surface area contributed by atoms with E-state index in [1.807, 2.05) is 0 Å². The molecule has 0 atom stereocenters. The molecule has 1 aromatic carbocycles. The van der Waals surface area contributed by atoms with Gasteiger partial charge in [0, 0.05) is 15.0 Å². The Labute approximate surface area is 125 Å². The van der Waals surface area contributed by atoms with Gasteiger partial charge in [-0.2, -0.15) is 4.57 Å². The highest BCUT2D eigenvalue weighted by atomic mass is 79.9. The van der Waals surface area contributed by atoms with Crippen LogP contribution in [-0.2, 0) is 6.54 Å². The first-order chi connectivity index (χ1) is 9.90. The molecule has 1 aromatic heterocycles. The molecule has 0 bridgehead atoms. The molecule has 0 saturated heterocycles. The van der Waals surface area contributed by atoms with Crippen LogP contribution >= 0.6 is 15.9 Å². The molecular formula is C11H7BrN4O5. The minimum absolute atomic E-state index is 0.337. The lowest BCUT2D eigenvalue weighted by Crippen LogP contribution is -2.12. The van der Waals surface area contributed by atoms with Gasteiger partial charge in [-0.05, 0) is 22.0 Å². The lowest BCUT2D eigenvalue weighted by Gasteiger charge is -2.00. The number of carbonyl (C=O) groups excluding carboxylic acids is 1. The van der Waals surface area contributed by atoms with E-state index in [-0.39, 0.29) is 0 Å². The second-order valence-corrected chi connectivity index (χ2v) is 4.88. The zero-order valence-corrected chi connectivity index (χ0v) is 11.9. The van der Waals surface area contributed by atoms with Crippen LogP contribution in [0, 0.1) is 20.2 Å². The molecule has 2 aromatic rings. The fraction of sp³-hybridized carbons (Fsp3) is 0.0909. The third kappa shape index (κ3) is 3.11. The van der Waals surface area contributed by atoms with E-state index in [0.717, 1.165) is 15.4 Å². The lowest BCUT2D eigenvalue weighted by molar-refractivity contribution is -0.428. The number of carbonyl (C=O) groups is 1. The zero-order chi connectivity index (χ0) is 15.6. The summed E-state index contributed by atoms with van der Waals surface area (Å²) in [5.41, 5.74) is 0.337. The van der Waals surface area contributed by atoms with Crippen molar-refractivity contribution in [1.82, 2.24) is 9.55 Å². The van der Waals surface area contributed by atoms with Gasteiger partial charge in [0.2, 0.25) is 5.78 Å². The van der Waals surface area contributed by atoms with Crippen LogP contribution in [0.1, 0.15) is 10.4 Å². The van der Waals surface area contributed by atoms with Gasteiger partial charge in [-0.25, -0.2) is 0 Å². The fourth-order valence-corrected chi connectivity index (χ4v) is 1.94. The highest BCUT2D eigenvalue weighted by Crippen LogP contribution is 2.25. The Bertz CT molecular complexity index is 725. The van der Waals surface area contributed by atoms with Crippen molar-refractivity contribution in [1.29, 1.82) is 0 Å². The maximum absolute atomic E-state index is 12.0. The topological polar surface area (TPSA) is 121 Å². The lowest BCUT2D eigenvalue weighted by atomic mass is 10.1. The molecule has 1 heterocycles. The van der Waals surface area contributed by atoms with Crippen LogP contribution in [0.2, 0.25) is 0 Å². The third-order valence-electron chi connectivity index (χ3n) is 2.62. The van der Waals surface area contributed by atoms with Crippen molar-refractivity contribution in [2.45, 2.75) is 6.54 Å². The Hall–Kier alpha value is -2.62. The number of hydrogen-bond acceptors (Lipinski definition) is 6. The van der Waals surface area contributed by atoms with Crippen molar-refractivity contribution in [3.63, 3.8) is 0 Å². The van der Waals surface area contributed by atoms with Crippen LogP contribution in [0.5, 0.6) is 0 Å². The van der Waals surface area contributed by atoms with Crippen LogP contribution in [0.3, 0.4) is 0 Å². The van der Waals surface area contributed by atoms with E-state index in [1.54, 1.807) is 24.3 Å². The summed E-state index contributed by atoms with van der Waals surface area (Å²) < 4.78 is 1.63. The van der Waals surface area contributed by atoms with E-state index in [9.17, 15) is 25.0 Å². The minimum atomic E-state index is -0.960. The third-order valence-corrected chi connectivity index (χ3v) is 3.15. The largest absolute Gasteiger partial charge is 0.462 e. The Balaban J connectivity index is 2.31. The van der Waals surface area contributed by atoms with Crippen molar-refractivity contribution < 1.29 is 14.6 Å². The summed E-state index contributed by atoms with van der Waals surface area (Å²) in [7, 11) is 0. The SMILES string of the molecule is O=C(Cn1cnc([N+](=O)[O-])c1[N+](=O)[O-])c1ccc(Br)cc1. The van der Waals surface area contributed by atoms with Crippen LogP contribution in [0.25, 0.3) is 0 Å². The van der Waals surface area contributed by atoms with Gasteiger partial charge in [0.25, 0.3) is 6.33 Å². The molecule has 10 heteroatoms. The van der Waals surface area contributed by atoms with Crippen LogP contribution in [0.15, 0.2) is 35.1 Å². The highest BCUT2D eigenvalue weighted by Gasteiger charge is 2.33. The molecule has 9 nitrogen and oxygen atoms in total. The number of imidazole rings is 1. The number of Topliss-reactive ketones (excluding diaryl/α,β-unsaturated/α-hetero) is 1. The molecule has 21 heavy (non-hydrogen) atoms. The van der Waals surface area contributed by atoms with E-state index in [2.05, 4.69) is 20.9 Å². The van der Waals surface area contributed by atoms with Crippen molar-refractivity contribution in [3.8, 4) is 0 Å². The molecule has 0 N–H and O–H groups in total. The summed E-state index contributed by atoms with van der Waals surface area (Å²) in [6.45, 7) is -0.404. The van der Waals surface area contributed by atoms with Crippen molar-refractivity contribution >= 4 is 33.3 Å². The summed E-state index contributed by atoms with van der Waals surface area (Å²) >= 11 is 3.22. The number of aromatic nitrogens is 2. The van der Waals surface area contributed by atoms with E-state index >= 15 is 0 Å². The number of halogens is 1. The number of hydrogen-bond donors (Lipinski definition) is 0. The van der Waals surface area contributed by atoms with E-state index in [1.165, 1.54) is 0 Å². The van der Waals surface area contributed by atoms with Gasteiger partial charge in [-0.15, -0.1) is 0 Å². The Kier molecular flexibility index (Phi) is 4.08. The van der Waals surface area contributed by atoms with E-state index in [4.69, 9.17) is 0 Å². The summed E-state index contributed by atoms with van der Waals surface area (Å²) in [6, 6.07) is 6.39. The van der Waals surface area contributed by atoms with Crippen molar-refractivity contribution in [2.75, 3.05) is 0 Å². The normalized spacial score (nSPS) is 10.3. The Morgan fingerprint density at radius 1 is 1.19 bits per heavy atom. The molecule has 0 saturated carbocycles. The van der Waals surface area contributed by atoms with Gasteiger partial charge in [-0.3, -0.25) is 4.79 Å². The maximum Gasteiger partial charge on any atom is 0.462 e. The molecule has 0 aliphatic rings. The van der Waals surface area contributed by atoms with Crippen molar-refractivity contribution in [2.24, 2.45) is 0 Å². The Morgan fingerprint density at radius 2 is 1.81 bits per heavy atom. The van der Waals surface area contributed by atoms with Gasteiger partial charge in [0.1, 0.15) is 0 Å². The highest BCUT2D eigenvalue weighted by molar-refractivity contribution is 9.10. The molecule has 0 spiro atoms. The molecule has 0 aliphatic heterocycles. The van der Waals surface area contributed by atoms with Crippen LogP contribution in [0.4, 0.5) is 11.6 Å². The number of nitrogens with zero attached hydrogens (tertiary/aromatic N) is 4. The summed E-state index contributed by atoms with van der Waals surface area (Å²) in [5.74, 6) is -2.12. The minimum Gasteiger partial charge on any atom is -0.358 e. The van der Waals surface area contributed by atoms with Gasteiger partial charge < -0.3 is 20.2 Å². The summed E-state index contributed by atoms with van der Waals surface area (Å²) in [6.07, 6.45) is 0.910. The second-order valence-electron chi connectivity index (χ2n) is 3.96. The quantitative estimate of drug-likeness (QED) is 0.461. The number of rotatable bonds is 5. The molecule has 108 valence electrons. The zero-order valence-electron chi connectivity index (χ0n) is 10.3. The summed E-state index contributed by atoms with van der Waals surface area (Å²) in [5, 5.41) is 21.6. The first-order valence-electron chi connectivity index (χ1n) is 5.53. The monoisotopic (exact) mass is 354 g/mol. The van der Waals surface area contributed by atoms with Gasteiger partial charge in [-0.1, -0.05) is 28.1 Å². The van der Waals surface area contributed by atoms with Gasteiger partial charge in [0.15, 0.2) is 6.54 Å². The predicted molar refractivity (Wildman–Crippen MR) is 74.0 cm³/mol. The number of nitro groups is 2. The number of ketones is 1. The fourth-order valence-electron chi connectivity index (χ4n) is 1.68. The smallest absolute Gasteiger partial charge is 0.358 e. The first kappa shape index (κ1) is 14.8. The molecule has 0 radical (unpaired) electrons. The molecule has 0 aliphatic carbocycles. The van der Waals surface area contributed by atoms with Gasteiger partial charge in [0.05, 0.1) is 0 Å². The average Bonchev–Trinajstić information content (AvgIpc) is 2.83. The van der Waals surface area contributed by atoms with Crippen molar-refractivity contribution in [3.05, 3.63) is 60.9 Å². The van der Waals surface area contributed by atoms with Crippen LogP contribution < -0.4 is 0 Å².